The molecule has 0 aliphatic rings. The van der Waals surface area contributed by atoms with Crippen molar-refractivity contribution in [2.75, 3.05) is 6.26 Å². The Labute approximate surface area is 76.1 Å². The van der Waals surface area contributed by atoms with Crippen LogP contribution < -0.4 is 0 Å². The summed E-state index contributed by atoms with van der Waals surface area (Å²) in [5, 5.41) is 0.860. The molecule has 0 rings (SSSR count). The van der Waals surface area contributed by atoms with Gasteiger partial charge in [0, 0.05) is 5.25 Å². The summed E-state index contributed by atoms with van der Waals surface area (Å²) in [5.41, 5.74) is 0. The van der Waals surface area contributed by atoms with Crippen LogP contribution in [0.2, 0.25) is 0 Å². The smallest absolute Gasteiger partial charge is 0.00159 e. The lowest BCUT2D eigenvalue weighted by Gasteiger charge is -2.10. The van der Waals surface area contributed by atoms with Gasteiger partial charge in [-0.05, 0) is 18.6 Å². The third-order valence-corrected chi connectivity index (χ3v) is 3.45. The number of thioether (sulfide) groups is 1. The van der Waals surface area contributed by atoms with Crippen molar-refractivity contribution >= 4 is 11.8 Å². The molecule has 0 aromatic rings. The van der Waals surface area contributed by atoms with E-state index in [1.165, 1.54) is 25.7 Å². The highest BCUT2D eigenvalue weighted by molar-refractivity contribution is 7.99. The highest BCUT2D eigenvalue weighted by atomic mass is 32.2. The predicted octanol–water partition coefficient (Wildman–Crippen LogP) is 3.95. The minimum Gasteiger partial charge on any atom is -0.162 e. The van der Waals surface area contributed by atoms with Crippen molar-refractivity contribution in [2.45, 2.75) is 51.7 Å². The lowest BCUT2D eigenvalue weighted by molar-refractivity contribution is 0.484. The van der Waals surface area contributed by atoms with Gasteiger partial charge in [-0.25, -0.2) is 0 Å². The van der Waals surface area contributed by atoms with E-state index in [0.29, 0.717) is 0 Å². The summed E-state index contributed by atoms with van der Waals surface area (Å²) in [6.45, 7) is 6.95. The van der Waals surface area contributed by atoms with Crippen LogP contribution in [0.5, 0.6) is 0 Å². The minimum absolute atomic E-state index is 0.860. The Hall–Kier alpha value is 0.350. The van der Waals surface area contributed by atoms with Gasteiger partial charge in [0.2, 0.25) is 0 Å². The van der Waals surface area contributed by atoms with Crippen LogP contribution in [-0.2, 0) is 0 Å². The molecule has 0 spiro atoms. The summed E-state index contributed by atoms with van der Waals surface area (Å²) in [7, 11) is 0. The van der Waals surface area contributed by atoms with Crippen LogP contribution in [0.15, 0.2) is 0 Å². The topological polar surface area (TPSA) is 0 Å². The summed E-state index contributed by atoms with van der Waals surface area (Å²) < 4.78 is 0. The zero-order valence-electron chi connectivity index (χ0n) is 8.39. The average Bonchev–Trinajstić information content (AvgIpc) is 2.04. The summed E-state index contributed by atoms with van der Waals surface area (Å²) in [6.07, 6.45) is 7.77. The zero-order valence-corrected chi connectivity index (χ0v) is 9.21. The van der Waals surface area contributed by atoms with E-state index in [1.807, 2.05) is 11.8 Å². The van der Waals surface area contributed by atoms with E-state index in [-0.39, 0.29) is 0 Å². The second-order valence-corrected chi connectivity index (χ2v) is 4.77. The standard InChI is InChI=1S/C10H22S/c1-5-9(2)7-6-8-10(3)11-4/h9-10H,5-8H2,1-4H3. The maximum Gasteiger partial charge on any atom is 0.00159 e. The van der Waals surface area contributed by atoms with Crippen molar-refractivity contribution in [1.29, 1.82) is 0 Å². The molecule has 0 aliphatic heterocycles. The lowest BCUT2D eigenvalue weighted by Crippen LogP contribution is -1.97. The van der Waals surface area contributed by atoms with Crippen LogP contribution in [-0.4, -0.2) is 11.5 Å². The summed E-state index contributed by atoms with van der Waals surface area (Å²) in [6, 6.07) is 0. The molecule has 0 saturated carbocycles. The summed E-state index contributed by atoms with van der Waals surface area (Å²) in [4.78, 5) is 0. The largest absolute Gasteiger partial charge is 0.162 e. The average molecular weight is 174 g/mol. The molecule has 11 heavy (non-hydrogen) atoms. The number of hydrogen-bond acceptors (Lipinski definition) is 1. The second-order valence-electron chi connectivity index (χ2n) is 3.49. The van der Waals surface area contributed by atoms with Crippen LogP contribution >= 0.6 is 11.8 Å². The van der Waals surface area contributed by atoms with Gasteiger partial charge in [0.05, 0.1) is 0 Å². The van der Waals surface area contributed by atoms with E-state index >= 15 is 0 Å². The van der Waals surface area contributed by atoms with Crippen LogP contribution in [0.3, 0.4) is 0 Å². The first-order chi connectivity index (χ1) is 5.20. The minimum atomic E-state index is 0.860. The van der Waals surface area contributed by atoms with E-state index < -0.39 is 0 Å². The van der Waals surface area contributed by atoms with Gasteiger partial charge < -0.3 is 0 Å². The third kappa shape index (κ3) is 6.74. The molecule has 0 aromatic carbocycles. The monoisotopic (exact) mass is 174 g/mol. The maximum atomic E-state index is 2.35. The molecular formula is C10H22S. The first kappa shape index (κ1) is 11.4. The molecule has 0 radical (unpaired) electrons. The van der Waals surface area contributed by atoms with Crippen molar-refractivity contribution in [3.05, 3.63) is 0 Å². The Morgan fingerprint density at radius 3 is 2.27 bits per heavy atom. The van der Waals surface area contributed by atoms with E-state index in [4.69, 9.17) is 0 Å². The molecule has 2 atom stereocenters. The molecule has 0 nitrogen and oxygen atoms in total. The van der Waals surface area contributed by atoms with Gasteiger partial charge in [-0.3, -0.25) is 0 Å². The van der Waals surface area contributed by atoms with Crippen LogP contribution in [0.4, 0.5) is 0 Å². The molecule has 0 aliphatic carbocycles. The van der Waals surface area contributed by atoms with Crippen LogP contribution in [0, 0.1) is 5.92 Å². The number of rotatable bonds is 6. The summed E-state index contributed by atoms with van der Waals surface area (Å²) in [5.74, 6) is 0.934. The predicted molar refractivity (Wildman–Crippen MR) is 56.3 cm³/mol. The van der Waals surface area contributed by atoms with Crippen LogP contribution in [0.25, 0.3) is 0 Å². The second kappa shape index (κ2) is 7.02. The Morgan fingerprint density at radius 2 is 1.82 bits per heavy atom. The quantitative estimate of drug-likeness (QED) is 0.587. The highest BCUT2D eigenvalue weighted by Crippen LogP contribution is 2.17. The SMILES string of the molecule is CCC(C)CCCC(C)SC. The molecule has 0 bridgehead atoms. The van der Waals surface area contributed by atoms with E-state index in [0.717, 1.165) is 11.2 Å². The first-order valence-corrected chi connectivity index (χ1v) is 6.02. The zero-order chi connectivity index (χ0) is 8.69. The molecule has 0 heterocycles. The molecule has 2 unspecified atom stereocenters. The third-order valence-electron chi connectivity index (χ3n) is 2.41. The molecule has 0 aromatic heterocycles. The Balaban J connectivity index is 3.13. The Morgan fingerprint density at radius 1 is 1.18 bits per heavy atom. The van der Waals surface area contributed by atoms with Gasteiger partial charge in [0.25, 0.3) is 0 Å². The normalized spacial score (nSPS) is 16.4. The van der Waals surface area contributed by atoms with E-state index in [1.54, 1.807) is 0 Å². The fourth-order valence-corrected chi connectivity index (χ4v) is 1.48. The molecule has 0 amide bonds. The number of hydrogen-bond donors (Lipinski definition) is 0. The van der Waals surface area contributed by atoms with Crippen molar-refractivity contribution in [3.8, 4) is 0 Å². The van der Waals surface area contributed by atoms with Crippen molar-refractivity contribution < 1.29 is 0 Å². The van der Waals surface area contributed by atoms with E-state index in [9.17, 15) is 0 Å². The molecular weight excluding hydrogens is 152 g/mol. The molecule has 1 heteroatoms. The Bertz CT molecular complexity index is 70.9. The lowest BCUT2D eigenvalue weighted by atomic mass is 10.0. The molecule has 68 valence electrons. The van der Waals surface area contributed by atoms with Gasteiger partial charge in [0.15, 0.2) is 0 Å². The molecule has 0 N–H and O–H groups in total. The molecule has 0 saturated heterocycles. The van der Waals surface area contributed by atoms with Crippen molar-refractivity contribution in [3.63, 3.8) is 0 Å². The first-order valence-electron chi connectivity index (χ1n) is 4.73. The van der Waals surface area contributed by atoms with Gasteiger partial charge in [0.1, 0.15) is 0 Å². The van der Waals surface area contributed by atoms with E-state index in [2.05, 4.69) is 27.0 Å². The van der Waals surface area contributed by atoms with Gasteiger partial charge in [-0.15, -0.1) is 0 Å². The van der Waals surface area contributed by atoms with Gasteiger partial charge in [-0.2, -0.15) is 11.8 Å². The Kier molecular flexibility index (Phi) is 7.25. The highest BCUT2D eigenvalue weighted by Gasteiger charge is 2.01. The van der Waals surface area contributed by atoms with Gasteiger partial charge in [-0.1, -0.05) is 40.0 Å². The maximum absolute atomic E-state index is 2.35. The summed E-state index contributed by atoms with van der Waals surface area (Å²) >= 11 is 1.98. The fraction of sp³-hybridized carbons (Fsp3) is 1.00. The van der Waals surface area contributed by atoms with Gasteiger partial charge >= 0.3 is 0 Å². The van der Waals surface area contributed by atoms with Crippen LogP contribution in [0.1, 0.15) is 46.5 Å². The fourth-order valence-electron chi connectivity index (χ4n) is 1.08. The van der Waals surface area contributed by atoms with Crippen molar-refractivity contribution in [1.82, 2.24) is 0 Å². The molecule has 0 fully saturated rings. The van der Waals surface area contributed by atoms with Crippen molar-refractivity contribution in [2.24, 2.45) is 5.92 Å².